The van der Waals surface area contributed by atoms with E-state index in [0.717, 1.165) is 0 Å². The van der Waals surface area contributed by atoms with E-state index in [1.807, 2.05) is 6.07 Å². The highest BCUT2D eigenvalue weighted by Gasteiger charge is 2.28. The first kappa shape index (κ1) is 17.1. The van der Waals surface area contributed by atoms with Gasteiger partial charge >= 0.3 is 0 Å². The molecule has 1 aliphatic heterocycles. The number of hydrogen-bond acceptors (Lipinski definition) is 5. The first-order chi connectivity index (χ1) is 12.0. The molecule has 9 heteroatoms. The molecule has 0 bridgehead atoms. The summed E-state index contributed by atoms with van der Waals surface area (Å²) >= 11 is 0. The largest absolute Gasteiger partial charge is 0.355 e. The van der Waals surface area contributed by atoms with E-state index in [2.05, 4.69) is 10.4 Å². The number of nitrogens with zero attached hydrogens (tertiary/aromatic N) is 4. The van der Waals surface area contributed by atoms with Gasteiger partial charge in [0.15, 0.2) is 5.69 Å². The van der Waals surface area contributed by atoms with Crippen molar-refractivity contribution in [1.29, 1.82) is 5.26 Å². The first-order valence-corrected chi connectivity index (χ1v) is 9.19. The number of aromatic nitrogens is 2. The molecule has 0 unspecified atom stereocenters. The minimum absolute atomic E-state index is 0.133. The molecular formula is C16H17N5O3S. The van der Waals surface area contributed by atoms with Gasteiger partial charge < -0.3 is 5.32 Å². The van der Waals surface area contributed by atoms with Crippen molar-refractivity contribution in [2.24, 2.45) is 0 Å². The molecule has 130 valence electrons. The molecule has 1 N–H and O–H groups in total. The van der Waals surface area contributed by atoms with Gasteiger partial charge in [-0.05, 0) is 36.8 Å². The van der Waals surface area contributed by atoms with Gasteiger partial charge in [0.05, 0.1) is 17.1 Å². The number of aryl methyl sites for hydroxylation is 1. The number of carbonyl (C=O) groups excluding carboxylic acids is 1. The molecule has 0 saturated heterocycles. The zero-order valence-corrected chi connectivity index (χ0v) is 14.5. The van der Waals surface area contributed by atoms with Crippen LogP contribution in [0.4, 0.5) is 0 Å². The van der Waals surface area contributed by atoms with Crippen molar-refractivity contribution in [3.05, 3.63) is 47.3 Å². The highest BCUT2D eigenvalue weighted by Crippen LogP contribution is 2.22. The van der Waals surface area contributed by atoms with Gasteiger partial charge in [0.25, 0.3) is 5.91 Å². The summed E-state index contributed by atoms with van der Waals surface area (Å²) in [6.07, 6.45) is 0.606. The van der Waals surface area contributed by atoms with E-state index in [1.54, 1.807) is 10.7 Å². The van der Waals surface area contributed by atoms with Crippen LogP contribution in [0.25, 0.3) is 0 Å². The fraction of sp³-hybridized carbons (Fsp3) is 0.312. The van der Waals surface area contributed by atoms with Crippen LogP contribution in [0.2, 0.25) is 0 Å². The lowest BCUT2D eigenvalue weighted by molar-refractivity contribution is 0.0963. The number of hydrogen-bond donors (Lipinski definition) is 1. The lowest BCUT2D eigenvalue weighted by Crippen LogP contribution is -2.31. The average molecular weight is 359 g/mol. The van der Waals surface area contributed by atoms with E-state index in [9.17, 15) is 13.2 Å². The first-order valence-electron chi connectivity index (χ1n) is 7.75. The Kier molecular flexibility index (Phi) is 4.57. The third-order valence-corrected chi connectivity index (χ3v) is 5.93. The van der Waals surface area contributed by atoms with E-state index in [1.165, 1.54) is 35.6 Å². The molecule has 0 atom stereocenters. The Morgan fingerprint density at radius 1 is 1.28 bits per heavy atom. The van der Waals surface area contributed by atoms with Crippen molar-refractivity contribution >= 4 is 15.9 Å². The van der Waals surface area contributed by atoms with Gasteiger partial charge in [0.1, 0.15) is 6.07 Å². The van der Waals surface area contributed by atoms with Crippen LogP contribution in [0.1, 0.15) is 28.2 Å². The Labute approximate surface area is 145 Å². The molecule has 1 aromatic carbocycles. The Morgan fingerprint density at radius 2 is 2.00 bits per heavy atom. The fourth-order valence-corrected chi connectivity index (χ4v) is 4.21. The zero-order chi connectivity index (χ0) is 18.0. The standard InChI is InChI=1S/C16H17N5O3S/c1-18-16(22)12-3-5-15(6-4-12)25(23,24)20-7-2-8-21-14(11-20)9-13(10-17)19-21/h3-6,9H,2,7-8,11H2,1H3,(H,18,22). The number of nitriles is 1. The molecule has 0 radical (unpaired) electrons. The number of fused-ring (bicyclic) bond motifs is 1. The second kappa shape index (κ2) is 6.66. The third-order valence-electron chi connectivity index (χ3n) is 4.07. The van der Waals surface area contributed by atoms with Crippen LogP contribution in [0, 0.1) is 11.3 Å². The van der Waals surface area contributed by atoms with Crippen molar-refractivity contribution in [3.63, 3.8) is 0 Å². The molecule has 1 aromatic heterocycles. The normalized spacial score (nSPS) is 15.0. The van der Waals surface area contributed by atoms with Gasteiger partial charge in [0, 0.05) is 25.7 Å². The summed E-state index contributed by atoms with van der Waals surface area (Å²) in [6.45, 7) is 1.09. The molecule has 3 rings (SSSR count). The molecule has 8 nitrogen and oxygen atoms in total. The molecule has 2 aromatic rings. The predicted molar refractivity (Wildman–Crippen MR) is 89.0 cm³/mol. The van der Waals surface area contributed by atoms with Gasteiger partial charge in [-0.1, -0.05) is 0 Å². The Hall–Kier alpha value is -2.70. The van der Waals surface area contributed by atoms with Crippen LogP contribution in [-0.4, -0.2) is 42.0 Å². The topological polar surface area (TPSA) is 108 Å². The molecule has 25 heavy (non-hydrogen) atoms. The number of nitrogens with one attached hydrogen (secondary N) is 1. The van der Waals surface area contributed by atoms with E-state index < -0.39 is 10.0 Å². The summed E-state index contributed by atoms with van der Waals surface area (Å²) < 4.78 is 28.9. The lowest BCUT2D eigenvalue weighted by Gasteiger charge is -2.19. The van der Waals surface area contributed by atoms with Gasteiger partial charge in [-0.2, -0.15) is 14.7 Å². The molecule has 2 heterocycles. The van der Waals surface area contributed by atoms with Crippen LogP contribution >= 0.6 is 0 Å². The van der Waals surface area contributed by atoms with E-state index in [-0.39, 0.29) is 23.0 Å². The van der Waals surface area contributed by atoms with Crippen molar-refractivity contribution in [2.75, 3.05) is 13.6 Å². The van der Waals surface area contributed by atoms with Crippen molar-refractivity contribution in [1.82, 2.24) is 19.4 Å². The van der Waals surface area contributed by atoms with Crippen LogP contribution < -0.4 is 5.32 Å². The molecule has 0 spiro atoms. The van der Waals surface area contributed by atoms with Gasteiger partial charge in [-0.3, -0.25) is 9.48 Å². The smallest absolute Gasteiger partial charge is 0.251 e. The highest BCUT2D eigenvalue weighted by atomic mass is 32.2. The number of carbonyl (C=O) groups is 1. The van der Waals surface area contributed by atoms with Gasteiger partial charge in [0.2, 0.25) is 10.0 Å². The van der Waals surface area contributed by atoms with Crippen molar-refractivity contribution < 1.29 is 13.2 Å². The van der Waals surface area contributed by atoms with Crippen LogP contribution in [0.5, 0.6) is 0 Å². The van der Waals surface area contributed by atoms with E-state index in [0.29, 0.717) is 30.8 Å². The maximum atomic E-state index is 12.9. The van der Waals surface area contributed by atoms with E-state index >= 15 is 0 Å². The van der Waals surface area contributed by atoms with Gasteiger partial charge in [-0.15, -0.1) is 0 Å². The predicted octanol–water partition coefficient (Wildman–Crippen LogP) is 0.709. The second-order valence-electron chi connectivity index (χ2n) is 5.65. The quantitative estimate of drug-likeness (QED) is 0.868. The summed E-state index contributed by atoms with van der Waals surface area (Å²) in [4.78, 5) is 11.7. The molecule has 0 fully saturated rings. The fourth-order valence-electron chi connectivity index (χ4n) is 2.76. The van der Waals surface area contributed by atoms with Crippen LogP contribution in [0.15, 0.2) is 35.2 Å². The number of amides is 1. The summed E-state index contributed by atoms with van der Waals surface area (Å²) in [6, 6.07) is 9.43. The lowest BCUT2D eigenvalue weighted by atomic mass is 10.2. The van der Waals surface area contributed by atoms with E-state index in [4.69, 9.17) is 5.26 Å². The highest BCUT2D eigenvalue weighted by molar-refractivity contribution is 7.89. The molecule has 0 saturated carbocycles. The SMILES string of the molecule is CNC(=O)c1ccc(S(=O)(=O)N2CCCn3nc(C#N)cc3C2)cc1. The maximum absolute atomic E-state index is 12.9. The molecular weight excluding hydrogens is 342 g/mol. The number of benzene rings is 1. The molecule has 1 amide bonds. The van der Waals surface area contributed by atoms with Crippen LogP contribution in [-0.2, 0) is 23.1 Å². The monoisotopic (exact) mass is 359 g/mol. The van der Waals surface area contributed by atoms with Crippen LogP contribution in [0.3, 0.4) is 0 Å². The number of sulfonamides is 1. The molecule has 0 aliphatic carbocycles. The second-order valence-corrected chi connectivity index (χ2v) is 7.59. The van der Waals surface area contributed by atoms with Crippen molar-refractivity contribution in [3.8, 4) is 6.07 Å². The third kappa shape index (κ3) is 3.26. The number of rotatable bonds is 3. The Balaban J connectivity index is 1.89. The van der Waals surface area contributed by atoms with Gasteiger partial charge in [-0.25, -0.2) is 8.42 Å². The summed E-state index contributed by atoms with van der Waals surface area (Å²) in [5.41, 5.74) is 1.37. The minimum Gasteiger partial charge on any atom is -0.355 e. The zero-order valence-electron chi connectivity index (χ0n) is 13.6. The Bertz CT molecular complexity index is 941. The van der Waals surface area contributed by atoms with Crippen molar-refractivity contribution in [2.45, 2.75) is 24.4 Å². The molecule has 1 aliphatic rings. The maximum Gasteiger partial charge on any atom is 0.251 e. The average Bonchev–Trinajstić information content (AvgIpc) is 2.91. The summed E-state index contributed by atoms with van der Waals surface area (Å²) in [7, 11) is -2.18. The Morgan fingerprint density at radius 3 is 2.64 bits per heavy atom. The summed E-state index contributed by atoms with van der Waals surface area (Å²) in [5.74, 6) is -0.272. The summed E-state index contributed by atoms with van der Waals surface area (Å²) in [5, 5.41) is 15.6. The minimum atomic E-state index is -3.70.